The number of hydrogen-bond donors (Lipinski definition) is 1. The van der Waals surface area contributed by atoms with Crippen LogP contribution >= 0.6 is 0 Å². The lowest BCUT2D eigenvalue weighted by molar-refractivity contribution is -0.274. The van der Waals surface area contributed by atoms with Gasteiger partial charge in [-0.05, 0) is 17.5 Å². The molecule has 2 N–H and O–H groups in total. The molecule has 0 aliphatic carbocycles. The fourth-order valence-electron chi connectivity index (χ4n) is 1.53. The van der Waals surface area contributed by atoms with Crippen molar-refractivity contribution >= 4 is 5.78 Å². The third-order valence-corrected chi connectivity index (χ3v) is 2.46. The van der Waals surface area contributed by atoms with Gasteiger partial charge in [0.05, 0.1) is 6.54 Å². The number of ketones is 1. The Morgan fingerprint density at radius 3 is 2.32 bits per heavy atom. The lowest BCUT2D eigenvalue weighted by atomic mass is 10.0. The Morgan fingerprint density at radius 1 is 1.27 bits per heavy atom. The topological polar surface area (TPSA) is 61.5 Å². The molecule has 0 heterocycles. The highest BCUT2D eigenvalue weighted by Crippen LogP contribution is 2.32. The number of carbonyl (C=O) groups is 1. The van der Waals surface area contributed by atoms with E-state index in [2.05, 4.69) is 4.74 Å². The number of rotatable bonds is 6. The summed E-state index contributed by atoms with van der Waals surface area (Å²) in [6.45, 7) is 7.25. The number of benzene rings is 1. The van der Waals surface area contributed by atoms with Gasteiger partial charge in [0.15, 0.2) is 5.78 Å². The Kier molecular flexibility index (Phi) is 8.55. The van der Waals surface area contributed by atoms with Crippen LogP contribution in [0, 0.1) is 0 Å². The zero-order chi connectivity index (χ0) is 17.3. The number of nitrogens with two attached hydrogens (primary N) is 1. The first-order valence-electron chi connectivity index (χ1n) is 6.97. The maximum Gasteiger partial charge on any atom is 0.573 e. The van der Waals surface area contributed by atoms with E-state index < -0.39 is 12.1 Å². The van der Waals surface area contributed by atoms with E-state index in [-0.39, 0.29) is 30.6 Å². The Balaban J connectivity index is 0.00000211. The van der Waals surface area contributed by atoms with Crippen molar-refractivity contribution in [3.8, 4) is 11.5 Å². The van der Waals surface area contributed by atoms with E-state index in [0.717, 1.165) is 6.07 Å². The maximum atomic E-state index is 12.2. The average molecular weight is 321 g/mol. The summed E-state index contributed by atoms with van der Waals surface area (Å²) in [4.78, 5) is 11.1. The van der Waals surface area contributed by atoms with Crippen LogP contribution in [0.4, 0.5) is 13.2 Å². The van der Waals surface area contributed by atoms with Crippen LogP contribution in [0.1, 0.15) is 39.2 Å². The first-order chi connectivity index (χ1) is 10.2. The molecule has 22 heavy (non-hydrogen) atoms. The van der Waals surface area contributed by atoms with E-state index in [4.69, 9.17) is 10.5 Å². The summed E-state index contributed by atoms with van der Waals surface area (Å²) in [5.74, 6) is -0.527. The molecule has 0 saturated heterocycles. The van der Waals surface area contributed by atoms with Gasteiger partial charge in [-0.15, -0.1) is 13.2 Å². The summed E-state index contributed by atoms with van der Waals surface area (Å²) in [7, 11) is 0. The molecule has 1 aromatic carbocycles. The van der Waals surface area contributed by atoms with Crippen LogP contribution in [0.2, 0.25) is 0 Å². The molecule has 0 aliphatic rings. The number of carbonyl (C=O) groups excluding carboxylic acids is 1. The average Bonchev–Trinajstić information content (AvgIpc) is 2.45. The molecule has 0 fully saturated rings. The van der Waals surface area contributed by atoms with Crippen molar-refractivity contribution in [1.82, 2.24) is 0 Å². The Bertz CT molecular complexity index is 474. The summed E-state index contributed by atoms with van der Waals surface area (Å²) >= 11 is 0. The van der Waals surface area contributed by atoms with Gasteiger partial charge in [-0.25, -0.2) is 0 Å². The molecule has 1 aromatic rings. The molecule has 0 aliphatic heterocycles. The van der Waals surface area contributed by atoms with Crippen molar-refractivity contribution in [3.05, 3.63) is 23.8 Å². The van der Waals surface area contributed by atoms with Crippen molar-refractivity contribution in [1.29, 1.82) is 0 Å². The van der Waals surface area contributed by atoms with E-state index in [1.807, 2.05) is 27.7 Å². The highest BCUT2D eigenvalue weighted by Gasteiger charge is 2.31. The second kappa shape index (κ2) is 9.30. The number of ether oxygens (including phenoxy) is 2. The van der Waals surface area contributed by atoms with Crippen LogP contribution in [0.25, 0.3) is 0 Å². The summed E-state index contributed by atoms with van der Waals surface area (Å²) in [6, 6.07) is 3.81. The highest BCUT2D eigenvalue weighted by molar-refractivity contribution is 5.81. The van der Waals surface area contributed by atoms with Gasteiger partial charge in [-0.3, -0.25) is 4.79 Å². The quantitative estimate of drug-likeness (QED) is 0.869. The molecule has 0 atom stereocenters. The lowest BCUT2D eigenvalue weighted by Gasteiger charge is -2.16. The second-order valence-electron chi connectivity index (χ2n) is 4.43. The molecular weight excluding hydrogens is 299 g/mol. The fraction of sp³-hybridized carbons (Fsp3) is 0.533. The van der Waals surface area contributed by atoms with Gasteiger partial charge in [-0.2, -0.15) is 0 Å². The zero-order valence-corrected chi connectivity index (χ0v) is 13.2. The molecule has 126 valence electrons. The van der Waals surface area contributed by atoms with Gasteiger partial charge in [0.1, 0.15) is 18.1 Å². The van der Waals surface area contributed by atoms with Gasteiger partial charge in [0.25, 0.3) is 0 Å². The normalized spacial score (nSPS) is 10.8. The molecule has 1 rings (SSSR count). The minimum atomic E-state index is -4.77. The predicted octanol–water partition coefficient (Wildman–Crippen LogP) is 3.64. The van der Waals surface area contributed by atoms with E-state index in [9.17, 15) is 18.0 Å². The van der Waals surface area contributed by atoms with Gasteiger partial charge in [-0.1, -0.05) is 33.8 Å². The number of Topliss-reactive ketones (excluding diaryl/α,β-unsaturated/α-hetero) is 1. The third kappa shape index (κ3) is 7.31. The molecule has 0 bridgehead atoms. The van der Waals surface area contributed by atoms with Crippen molar-refractivity contribution in [2.75, 3.05) is 13.2 Å². The summed E-state index contributed by atoms with van der Waals surface area (Å²) in [6.07, 6.45) is -4.77. The summed E-state index contributed by atoms with van der Waals surface area (Å²) in [5.41, 5.74) is 5.83. The summed E-state index contributed by atoms with van der Waals surface area (Å²) in [5, 5.41) is 0. The van der Waals surface area contributed by atoms with Crippen LogP contribution in [-0.2, 0) is 4.79 Å². The number of alkyl halides is 3. The number of hydrogen-bond acceptors (Lipinski definition) is 4. The van der Waals surface area contributed by atoms with Gasteiger partial charge < -0.3 is 15.2 Å². The molecule has 0 saturated carbocycles. The fourth-order valence-corrected chi connectivity index (χ4v) is 1.53. The largest absolute Gasteiger partial charge is 0.573 e. The SMILES string of the molecule is CC.CC(C)c1ccc(OC(F)(F)F)cc1OCC(=O)CN. The van der Waals surface area contributed by atoms with Crippen molar-refractivity contribution < 1.29 is 27.4 Å². The minimum Gasteiger partial charge on any atom is -0.485 e. The van der Waals surface area contributed by atoms with Crippen molar-refractivity contribution in [2.24, 2.45) is 5.73 Å². The highest BCUT2D eigenvalue weighted by atomic mass is 19.4. The van der Waals surface area contributed by atoms with Crippen LogP contribution in [-0.4, -0.2) is 25.3 Å². The van der Waals surface area contributed by atoms with Crippen LogP contribution < -0.4 is 15.2 Å². The van der Waals surface area contributed by atoms with Crippen LogP contribution in [0.15, 0.2) is 18.2 Å². The Labute approximate surface area is 128 Å². The van der Waals surface area contributed by atoms with E-state index in [0.29, 0.717) is 5.56 Å². The van der Waals surface area contributed by atoms with E-state index >= 15 is 0 Å². The number of halogens is 3. The first kappa shape index (κ1) is 20.2. The molecular formula is C15H22F3NO3. The van der Waals surface area contributed by atoms with Crippen LogP contribution in [0.3, 0.4) is 0 Å². The molecule has 0 radical (unpaired) electrons. The molecule has 7 heteroatoms. The van der Waals surface area contributed by atoms with Crippen molar-refractivity contribution in [2.45, 2.75) is 40.0 Å². The van der Waals surface area contributed by atoms with Gasteiger partial charge >= 0.3 is 6.36 Å². The second-order valence-corrected chi connectivity index (χ2v) is 4.43. The van der Waals surface area contributed by atoms with Gasteiger partial charge in [0, 0.05) is 6.07 Å². The minimum absolute atomic E-state index is 0.0258. The smallest absolute Gasteiger partial charge is 0.485 e. The lowest BCUT2D eigenvalue weighted by Crippen LogP contribution is -2.21. The Morgan fingerprint density at radius 2 is 1.86 bits per heavy atom. The molecule has 0 spiro atoms. The van der Waals surface area contributed by atoms with Crippen LogP contribution in [0.5, 0.6) is 11.5 Å². The summed E-state index contributed by atoms with van der Waals surface area (Å²) < 4.78 is 45.6. The predicted molar refractivity (Wildman–Crippen MR) is 78.1 cm³/mol. The molecule has 0 unspecified atom stereocenters. The zero-order valence-electron chi connectivity index (χ0n) is 13.2. The maximum absolute atomic E-state index is 12.2. The van der Waals surface area contributed by atoms with Crippen molar-refractivity contribution in [3.63, 3.8) is 0 Å². The molecule has 0 amide bonds. The third-order valence-electron chi connectivity index (χ3n) is 2.46. The molecule has 0 aromatic heterocycles. The Hall–Kier alpha value is -1.76. The van der Waals surface area contributed by atoms with E-state index in [1.54, 1.807) is 0 Å². The van der Waals surface area contributed by atoms with E-state index in [1.165, 1.54) is 12.1 Å². The molecule has 4 nitrogen and oxygen atoms in total. The first-order valence-corrected chi connectivity index (χ1v) is 6.97. The standard InChI is InChI=1S/C13H16F3NO3.C2H6/c1-8(2)11-4-3-10(20-13(14,15)16)5-12(11)19-7-9(18)6-17;1-2/h3-5,8H,6-7,17H2,1-2H3;1-2H3. The van der Waals surface area contributed by atoms with Gasteiger partial charge in [0.2, 0.25) is 0 Å². The monoisotopic (exact) mass is 321 g/mol.